The van der Waals surface area contributed by atoms with Crippen LogP contribution in [0.15, 0.2) is 0 Å². The molecule has 4 amide bonds. The molecule has 0 aromatic rings. The molecule has 0 radical (unpaired) electrons. The zero-order valence-corrected chi connectivity index (χ0v) is 9.13. The zero-order chi connectivity index (χ0) is 10.7. The Balaban J connectivity index is 2.80. The predicted molar refractivity (Wildman–Crippen MR) is 56.5 cm³/mol. The molecular weight excluding hydrogens is 224 g/mol. The number of rotatable bonds is 4. The molecule has 78 valence electrons. The molecule has 0 N–H and O–H groups in total. The summed E-state index contributed by atoms with van der Waals surface area (Å²) in [5.41, 5.74) is 0. The second-order valence-corrected chi connectivity index (χ2v) is 3.54. The second kappa shape index (κ2) is 4.70. The monoisotopic (exact) mass is 234 g/mol. The largest absolute Gasteiger partial charge is 0.334 e. The number of imide groups is 2. The lowest BCUT2D eigenvalue weighted by Gasteiger charge is -2.13. The van der Waals surface area contributed by atoms with Gasteiger partial charge >= 0.3 is 17.8 Å². The molecule has 0 atom stereocenters. The van der Waals surface area contributed by atoms with Gasteiger partial charge in [-0.15, -0.1) is 0 Å². The van der Waals surface area contributed by atoms with Crippen molar-refractivity contribution in [3.8, 4) is 0 Å². The summed E-state index contributed by atoms with van der Waals surface area (Å²) in [5, 5.41) is 0. The molecule has 0 aromatic carbocycles. The first kappa shape index (κ1) is 11.4. The molecule has 5 nitrogen and oxygen atoms in total. The van der Waals surface area contributed by atoms with E-state index in [1.54, 1.807) is 0 Å². The maximum Gasteiger partial charge on any atom is 0.334 e. The Morgan fingerprint density at radius 2 is 1.21 bits per heavy atom. The Bertz CT molecular complexity index is 256. The van der Waals surface area contributed by atoms with Gasteiger partial charge in [-0.2, -0.15) is 25.3 Å². The molecule has 0 spiro atoms. The van der Waals surface area contributed by atoms with E-state index in [9.17, 15) is 14.4 Å². The van der Waals surface area contributed by atoms with Crippen LogP contribution in [0.1, 0.15) is 0 Å². The predicted octanol–water partition coefficient (Wildman–Crippen LogP) is -0.363. The maximum absolute atomic E-state index is 11.4. The zero-order valence-electron chi connectivity index (χ0n) is 7.34. The van der Waals surface area contributed by atoms with E-state index in [-0.39, 0.29) is 13.1 Å². The van der Waals surface area contributed by atoms with Crippen molar-refractivity contribution >= 4 is 43.1 Å². The van der Waals surface area contributed by atoms with Crippen molar-refractivity contribution in [1.82, 2.24) is 9.80 Å². The van der Waals surface area contributed by atoms with Crippen LogP contribution in [0.25, 0.3) is 0 Å². The summed E-state index contributed by atoms with van der Waals surface area (Å²) in [6, 6.07) is -0.567. The molecule has 0 unspecified atom stereocenters. The van der Waals surface area contributed by atoms with Crippen LogP contribution in [0.3, 0.4) is 0 Å². The van der Waals surface area contributed by atoms with Gasteiger partial charge in [0, 0.05) is 24.6 Å². The molecule has 1 fully saturated rings. The molecule has 0 saturated carbocycles. The van der Waals surface area contributed by atoms with Gasteiger partial charge in [0.15, 0.2) is 0 Å². The van der Waals surface area contributed by atoms with Crippen molar-refractivity contribution in [3.05, 3.63) is 0 Å². The molecule has 1 aliphatic rings. The number of amides is 4. The van der Waals surface area contributed by atoms with Crippen LogP contribution >= 0.6 is 25.3 Å². The van der Waals surface area contributed by atoms with E-state index in [0.29, 0.717) is 11.5 Å². The average Bonchev–Trinajstić information content (AvgIpc) is 2.36. The Morgan fingerprint density at radius 3 is 1.50 bits per heavy atom. The molecule has 1 saturated heterocycles. The second-order valence-electron chi connectivity index (χ2n) is 2.64. The average molecular weight is 234 g/mol. The van der Waals surface area contributed by atoms with E-state index in [2.05, 4.69) is 25.3 Å². The molecular formula is C7H10N2O3S2. The van der Waals surface area contributed by atoms with E-state index in [4.69, 9.17) is 0 Å². The van der Waals surface area contributed by atoms with E-state index in [1.807, 2.05) is 0 Å². The van der Waals surface area contributed by atoms with E-state index in [0.717, 1.165) is 9.80 Å². The van der Waals surface area contributed by atoms with Gasteiger partial charge in [0.05, 0.1) is 0 Å². The van der Waals surface area contributed by atoms with Gasteiger partial charge in [0.25, 0.3) is 0 Å². The molecule has 0 aliphatic carbocycles. The fourth-order valence-corrected chi connectivity index (χ4v) is 1.54. The maximum atomic E-state index is 11.4. The highest BCUT2D eigenvalue weighted by Crippen LogP contribution is 2.11. The van der Waals surface area contributed by atoms with Gasteiger partial charge in [-0.1, -0.05) is 0 Å². The Hall–Kier alpha value is -0.690. The van der Waals surface area contributed by atoms with Crippen molar-refractivity contribution in [2.45, 2.75) is 0 Å². The minimum Gasteiger partial charge on any atom is -0.263 e. The third-order valence-corrected chi connectivity index (χ3v) is 2.18. The highest BCUT2D eigenvalue weighted by Gasteiger charge is 2.43. The molecule has 0 aromatic heterocycles. The van der Waals surface area contributed by atoms with Crippen LogP contribution in [0.5, 0.6) is 0 Å². The highest BCUT2D eigenvalue weighted by molar-refractivity contribution is 7.80. The molecule has 1 aliphatic heterocycles. The normalized spacial score (nSPS) is 17.1. The summed E-state index contributed by atoms with van der Waals surface area (Å²) in [6.45, 7) is 0.325. The van der Waals surface area contributed by atoms with Crippen molar-refractivity contribution < 1.29 is 14.4 Å². The van der Waals surface area contributed by atoms with Gasteiger partial charge < -0.3 is 0 Å². The third kappa shape index (κ3) is 1.88. The smallest absolute Gasteiger partial charge is 0.263 e. The molecule has 14 heavy (non-hydrogen) atoms. The van der Waals surface area contributed by atoms with Crippen LogP contribution in [-0.4, -0.2) is 52.2 Å². The lowest BCUT2D eigenvalue weighted by molar-refractivity contribution is -0.143. The Labute approximate surface area is 92.2 Å². The molecule has 1 rings (SSSR count). The molecule has 0 bridgehead atoms. The van der Waals surface area contributed by atoms with E-state index in [1.165, 1.54) is 0 Å². The standard InChI is InChI=1S/C7H10N2O3S2/c10-5-6(11)9(2-4-14)7(12)8(5)1-3-13/h13-14H,1-4H2. The highest BCUT2D eigenvalue weighted by atomic mass is 32.1. The summed E-state index contributed by atoms with van der Waals surface area (Å²) in [6.07, 6.45) is 0. The quantitative estimate of drug-likeness (QED) is 0.397. The minimum atomic E-state index is -0.772. The van der Waals surface area contributed by atoms with Crippen molar-refractivity contribution in [2.75, 3.05) is 24.6 Å². The minimum absolute atomic E-state index is 0.162. The van der Waals surface area contributed by atoms with Gasteiger partial charge in [-0.25, -0.2) is 4.79 Å². The van der Waals surface area contributed by atoms with Crippen LogP contribution in [-0.2, 0) is 9.59 Å². The first-order valence-corrected chi connectivity index (χ1v) is 5.29. The summed E-state index contributed by atoms with van der Waals surface area (Å²) in [7, 11) is 0. The van der Waals surface area contributed by atoms with Crippen molar-refractivity contribution in [1.29, 1.82) is 0 Å². The van der Waals surface area contributed by atoms with Gasteiger partial charge in [-0.05, 0) is 0 Å². The number of carbonyl (C=O) groups is 3. The number of nitrogens with zero attached hydrogens (tertiary/aromatic N) is 2. The third-order valence-electron chi connectivity index (χ3n) is 1.78. The van der Waals surface area contributed by atoms with Gasteiger partial charge in [-0.3, -0.25) is 19.4 Å². The van der Waals surface area contributed by atoms with Gasteiger partial charge in [0.1, 0.15) is 0 Å². The van der Waals surface area contributed by atoms with E-state index >= 15 is 0 Å². The number of carbonyl (C=O) groups excluding carboxylic acids is 3. The number of hydrogen-bond donors (Lipinski definition) is 2. The van der Waals surface area contributed by atoms with Gasteiger partial charge in [0.2, 0.25) is 0 Å². The summed E-state index contributed by atoms with van der Waals surface area (Å²) < 4.78 is 0. The van der Waals surface area contributed by atoms with Crippen LogP contribution in [0.4, 0.5) is 4.79 Å². The Kier molecular flexibility index (Phi) is 3.82. The van der Waals surface area contributed by atoms with Crippen LogP contribution in [0, 0.1) is 0 Å². The SMILES string of the molecule is O=C1C(=O)N(CCS)C(=O)N1CCS. The van der Waals surface area contributed by atoms with E-state index < -0.39 is 17.8 Å². The van der Waals surface area contributed by atoms with Crippen molar-refractivity contribution in [2.24, 2.45) is 0 Å². The lowest BCUT2D eigenvalue weighted by atomic mass is 10.5. The topological polar surface area (TPSA) is 57.7 Å². The number of thiol groups is 2. The fourth-order valence-electron chi connectivity index (χ4n) is 1.14. The number of hydrogen-bond acceptors (Lipinski definition) is 5. The van der Waals surface area contributed by atoms with Crippen LogP contribution < -0.4 is 0 Å². The molecule has 7 heteroatoms. The summed E-state index contributed by atoms with van der Waals surface area (Å²) in [4.78, 5) is 35.7. The number of urea groups is 1. The Morgan fingerprint density at radius 1 is 0.857 bits per heavy atom. The summed E-state index contributed by atoms with van der Waals surface area (Å²) in [5.74, 6) is -0.851. The van der Waals surface area contributed by atoms with Crippen molar-refractivity contribution in [3.63, 3.8) is 0 Å². The first-order chi connectivity index (χ1) is 6.63. The molecule has 1 heterocycles. The lowest BCUT2D eigenvalue weighted by Crippen LogP contribution is -2.35. The summed E-state index contributed by atoms with van der Waals surface area (Å²) >= 11 is 7.79. The van der Waals surface area contributed by atoms with Crippen LogP contribution in [0.2, 0.25) is 0 Å². The first-order valence-electron chi connectivity index (χ1n) is 4.02. The fraction of sp³-hybridized carbons (Fsp3) is 0.571.